The van der Waals surface area contributed by atoms with Crippen LogP contribution in [-0.2, 0) is 0 Å². The minimum Gasteiger partial charge on any atom is -0.330 e. The molecule has 3 rings (SSSR count). The van der Waals surface area contributed by atoms with Gasteiger partial charge in [-0.25, -0.2) is 0 Å². The molecule has 0 aromatic rings. The molecule has 3 aliphatic rings. The van der Waals surface area contributed by atoms with Gasteiger partial charge in [0.2, 0.25) is 0 Å². The van der Waals surface area contributed by atoms with Crippen LogP contribution in [0.5, 0.6) is 0 Å². The smallest absolute Gasteiger partial charge is 0.0129 e. The van der Waals surface area contributed by atoms with Gasteiger partial charge in [-0.05, 0) is 56.9 Å². The largest absolute Gasteiger partial charge is 0.330 e. The van der Waals surface area contributed by atoms with Crippen molar-refractivity contribution in [1.29, 1.82) is 0 Å². The topological polar surface area (TPSA) is 29.3 Å². The first-order valence-corrected chi connectivity index (χ1v) is 6.73. The van der Waals surface area contributed by atoms with Crippen molar-refractivity contribution < 1.29 is 0 Å². The highest BCUT2D eigenvalue weighted by Crippen LogP contribution is 2.48. The molecule has 0 spiro atoms. The van der Waals surface area contributed by atoms with Gasteiger partial charge in [0.25, 0.3) is 0 Å². The summed E-state index contributed by atoms with van der Waals surface area (Å²) in [5, 5.41) is 0. The van der Waals surface area contributed by atoms with Crippen LogP contribution in [-0.4, -0.2) is 30.1 Å². The molecule has 2 saturated carbocycles. The first kappa shape index (κ1) is 10.1. The predicted octanol–water partition coefficient (Wildman–Crippen LogP) is 1.84. The van der Waals surface area contributed by atoms with Gasteiger partial charge in [0.05, 0.1) is 0 Å². The van der Waals surface area contributed by atoms with E-state index < -0.39 is 0 Å². The fourth-order valence-corrected chi connectivity index (χ4v) is 4.42. The third kappa shape index (κ3) is 1.62. The average Bonchev–Trinajstić information content (AvgIpc) is 2.90. The zero-order chi connectivity index (χ0) is 10.4. The molecule has 15 heavy (non-hydrogen) atoms. The van der Waals surface area contributed by atoms with Gasteiger partial charge in [-0.15, -0.1) is 0 Å². The first-order chi connectivity index (χ1) is 7.28. The minimum atomic E-state index is 0.777. The van der Waals surface area contributed by atoms with Crippen LogP contribution in [0.25, 0.3) is 0 Å². The molecular formula is C13H24N2. The molecule has 0 aromatic heterocycles. The zero-order valence-corrected chi connectivity index (χ0v) is 9.86. The lowest BCUT2D eigenvalue weighted by atomic mass is 9.93. The van der Waals surface area contributed by atoms with Gasteiger partial charge in [0.15, 0.2) is 0 Å². The Bertz CT molecular complexity index is 241. The third-order valence-electron chi connectivity index (χ3n) is 5.17. The van der Waals surface area contributed by atoms with Crippen LogP contribution in [0.3, 0.4) is 0 Å². The highest BCUT2D eigenvalue weighted by atomic mass is 15.2. The lowest BCUT2D eigenvalue weighted by Crippen LogP contribution is -2.41. The van der Waals surface area contributed by atoms with Gasteiger partial charge in [-0.2, -0.15) is 0 Å². The van der Waals surface area contributed by atoms with Gasteiger partial charge in [0, 0.05) is 18.6 Å². The summed E-state index contributed by atoms with van der Waals surface area (Å²) in [6.07, 6.45) is 7.38. The van der Waals surface area contributed by atoms with Crippen molar-refractivity contribution in [2.24, 2.45) is 23.5 Å². The summed E-state index contributed by atoms with van der Waals surface area (Å²) in [6.45, 7) is 4.58. The molecule has 3 fully saturated rings. The van der Waals surface area contributed by atoms with Crippen molar-refractivity contribution in [1.82, 2.24) is 4.90 Å². The Balaban J connectivity index is 1.67. The SMILES string of the molecule is CC1CC(CN)CN1C1CC2CCC1C2. The highest BCUT2D eigenvalue weighted by molar-refractivity contribution is 4.99. The summed E-state index contributed by atoms with van der Waals surface area (Å²) in [5.74, 6) is 2.89. The van der Waals surface area contributed by atoms with Crippen LogP contribution >= 0.6 is 0 Å². The molecule has 2 nitrogen and oxygen atoms in total. The maximum Gasteiger partial charge on any atom is 0.0129 e. The lowest BCUT2D eigenvalue weighted by Gasteiger charge is -2.34. The quantitative estimate of drug-likeness (QED) is 0.750. The number of nitrogens with two attached hydrogens (primary N) is 1. The molecule has 1 saturated heterocycles. The van der Waals surface area contributed by atoms with Crippen molar-refractivity contribution in [2.45, 2.75) is 51.1 Å². The molecule has 0 amide bonds. The highest BCUT2D eigenvalue weighted by Gasteiger charge is 2.45. The molecule has 2 bridgehead atoms. The normalized spacial score (nSPS) is 50.4. The van der Waals surface area contributed by atoms with Gasteiger partial charge >= 0.3 is 0 Å². The summed E-state index contributed by atoms with van der Waals surface area (Å²) in [7, 11) is 0. The van der Waals surface area contributed by atoms with Crippen LogP contribution in [0.15, 0.2) is 0 Å². The van der Waals surface area contributed by atoms with Crippen LogP contribution < -0.4 is 5.73 Å². The Kier molecular flexibility index (Phi) is 2.52. The van der Waals surface area contributed by atoms with E-state index in [1.54, 1.807) is 0 Å². The van der Waals surface area contributed by atoms with Crippen molar-refractivity contribution in [2.75, 3.05) is 13.1 Å². The van der Waals surface area contributed by atoms with Crippen LogP contribution in [0.1, 0.15) is 39.0 Å². The Labute approximate surface area is 93.2 Å². The van der Waals surface area contributed by atoms with Gasteiger partial charge in [0.1, 0.15) is 0 Å². The molecule has 0 aromatic carbocycles. The summed E-state index contributed by atoms with van der Waals surface area (Å²) in [4.78, 5) is 2.79. The number of nitrogens with zero attached hydrogens (tertiary/aromatic N) is 1. The predicted molar refractivity (Wildman–Crippen MR) is 62.6 cm³/mol. The lowest BCUT2D eigenvalue weighted by molar-refractivity contribution is 0.134. The molecule has 2 heteroatoms. The minimum absolute atomic E-state index is 0.777. The molecule has 1 heterocycles. The first-order valence-electron chi connectivity index (χ1n) is 6.73. The van der Waals surface area contributed by atoms with Crippen molar-refractivity contribution in [3.8, 4) is 0 Å². The second-order valence-electron chi connectivity index (χ2n) is 6.13. The van der Waals surface area contributed by atoms with E-state index in [4.69, 9.17) is 5.73 Å². The summed E-state index contributed by atoms with van der Waals surface area (Å²) >= 11 is 0. The summed E-state index contributed by atoms with van der Waals surface area (Å²) in [5.41, 5.74) is 5.81. The van der Waals surface area contributed by atoms with Crippen molar-refractivity contribution in [3.63, 3.8) is 0 Å². The van der Waals surface area contributed by atoms with Gasteiger partial charge in [-0.3, -0.25) is 4.90 Å². The number of fused-ring (bicyclic) bond motifs is 2. The molecular weight excluding hydrogens is 184 g/mol. The number of hydrogen-bond acceptors (Lipinski definition) is 2. The number of likely N-dealkylation sites (tertiary alicyclic amines) is 1. The Morgan fingerprint density at radius 3 is 2.60 bits per heavy atom. The fourth-order valence-electron chi connectivity index (χ4n) is 4.42. The average molecular weight is 208 g/mol. The van der Waals surface area contributed by atoms with E-state index in [9.17, 15) is 0 Å². The van der Waals surface area contributed by atoms with Crippen LogP contribution in [0.4, 0.5) is 0 Å². The number of hydrogen-bond donors (Lipinski definition) is 1. The standard InChI is InChI=1S/C13H24N2/c1-9-4-11(7-14)8-15(9)13-6-10-2-3-12(13)5-10/h9-13H,2-8,14H2,1H3. The van der Waals surface area contributed by atoms with Crippen LogP contribution in [0.2, 0.25) is 0 Å². The molecule has 2 aliphatic carbocycles. The Morgan fingerprint density at radius 2 is 2.07 bits per heavy atom. The van der Waals surface area contributed by atoms with E-state index in [1.165, 1.54) is 38.6 Å². The summed E-state index contributed by atoms with van der Waals surface area (Å²) < 4.78 is 0. The molecule has 86 valence electrons. The number of rotatable bonds is 2. The van der Waals surface area contributed by atoms with E-state index in [0.717, 1.165) is 36.4 Å². The second kappa shape index (κ2) is 3.74. The molecule has 2 N–H and O–H groups in total. The van der Waals surface area contributed by atoms with E-state index in [0.29, 0.717) is 0 Å². The maximum absolute atomic E-state index is 5.81. The Morgan fingerprint density at radius 1 is 1.20 bits per heavy atom. The van der Waals surface area contributed by atoms with Crippen molar-refractivity contribution >= 4 is 0 Å². The molecule has 0 radical (unpaired) electrons. The fraction of sp³-hybridized carbons (Fsp3) is 1.00. The van der Waals surface area contributed by atoms with E-state index >= 15 is 0 Å². The monoisotopic (exact) mass is 208 g/mol. The van der Waals surface area contributed by atoms with Crippen molar-refractivity contribution in [3.05, 3.63) is 0 Å². The van der Waals surface area contributed by atoms with Gasteiger partial charge < -0.3 is 5.73 Å². The second-order valence-corrected chi connectivity index (χ2v) is 6.13. The zero-order valence-electron chi connectivity index (χ0n) is 9.86. The maximum atomic E-state index is 5.81. The van der Waals surface area contributed by atoms with Crippen LogP contribution in [0, 0.1) is 17.8 Å². The molecule has 1 aliphatic heterocycles. The molecule has 5 unspecified atom stereocenters. The Hall–Kier alpha value is -0.0800. The molecule has 5 atom stereocenters. The summed E-state index contributed by atoms with van der Waals surface area (Å²) in [6, 6.07) is 1.72. The van der Waals surface area contributed by atoms with E-state index in [-0.39, 0.29) is 0 Å². The van der Waals surface area contributed by atoms with E-state index in [2.05, 4.69) is 11.8 Å². The van der Waals surface area contributed by atoms with E-state index in [1.807, 2.05) is 0 Å². The third-order valence-corrected chi connectivity index (χ3v) is 5.17. The van der Waals surface area contributed by atoms with Gasteiger partial charge in [-0.1, -0.05) is 6.42 Å².